The molecule has 4 nitrogen and oxygen atoms in total. The van der Waals surface area contributed by atoms with E-state index >= 15 is 0 Å². The molecule has 0 aliphatic heterocycles. The van der Waals surface area contributed by atoms with Crippen molar-refractivity contribution in [2.75, 3.05) is 5.73 Å². The molecule has 4 N–H and O–H groups in total. The van der Waals surface area contributed by atoms with Gasteiger partial charge in [-0.3, -0.25) is 4.79 Å². The summed E-state index contributed by atoms with van der Waals surface area (Å²) < 4.78 is 45.0. The van der Waals surface area contributed by atoms with E-state index in [1.54, 1.807) is 11.5 Å². The molecule has 0 radical (unpaired) electrons. The maximum Gasteiger partial charge on any atom is 0.251 e. The van der Waals surface area contributed by atoms with Crippen molar-refractivity contribution in [3.05, 3.63) is 63.2 Å². The maximum absolute atomic E-state index is 15.0. The molecule has 2 aromatic carbocycles. The van der Waals surface area contributed by atoms with Crippen LogP contribution in [0.2, 0.25) is 0 Å². The normalized spacial score (nSPS) is 14.1. The van der Waals surface area contributed by atoms with Crippen molar-refractivity contribution in [2.45, 2.75) is 32.4 Å². The average molecular weight is 373 g/mol. The lowest BCUT2D eigenvalue weighted by atomic mass is 9.94. The molecule has 0 atom stereocenters. The highest BCUT2D eigenvalue weighted by atomic mass is 19.1. The van der Waals surface area contributed by atoms with Gasteiger partial charge in [0.15, 0.2) is 0 Å². The van der Waals surface area contributed by atoms with Crippen LogP contribution in [0.4, 0.5) is 18.9 Å². The van der Waals surface area contributed by atoms with E-state index in [9.17, 15) is 18.0 Å². The first-order chi connectivity index (χ1) is 12.8. The van der Waals surface area contributed by atoms with Crippen molar-refractivity contribution in [3.8, 4) is 11.1 Å². The fourth-order valence-electron chi connectivity index (χ4n) is 3.68. The number of fused-ring (bicyclic) bond motifs is 1. The lowest BCUT2D eigenvalue weighted by molar-refractivity contribution is 0.601. The van der Waals surface area contributed by atoms with Gasteiger partial charge in [0.1, 0.15) is 17.5 Å². The lowest BCUT2D eigenvalue weighted by Gasteiger charge is -2.18. The van der Waals surface area contributed by atoms with E-state index in [0.29, 0.717) is 22.0 Å². The average Bonchev–Trinajstić information content (AvgIpc) is 3.44. The van der Waals surface area contributed by atoms with Crippen LogP contribution in [0.3, 0.4) is 0 Å². The van der Waals surface area contributed by atoms with Gasteiger partial charge in [-0.1, -0.05) is 0 Å². The second-order valence-electron chi connectivity index (χ2n) is 6.92. The molecule has 1 aliphatic rings. The third-order valence-electron chi connectivity index (χ3n) is 5.10. The number of nitrogens with zero attached hydrogens (tertiary/aromatic N) is 1. The number of halogens is 3. The Kier molecular flexibility index (Phi) is 3.99. The van der Waals surface area contributed by atoms with Crippen LogP contribution in [0.5, 0.6) is 0 Å². The zero-order chi connectivity index (χ0) is 19.5. The summed E-state index contributed by atoms with van der Waals surface area (Å²) >= 11 is 0. The van der Waals surface area contributed by atoms with E-state index in [0.717, 1.165) is 25.0 Å². The molecule has 0 bridgehead atoms. The molecule has 0 spiro atoms. The Labute approximate surface area is 153 Å². The highest BCUT2D eigenvalue weighted by molar-refractivity contribution is 5.92. The fourth-order valence-corrected chi connectivity index (χ4v) is 3.68. The van der Waals surface area contributed by atoms with Gasteiger partial charge in [0, 0.05) is 41.2 Å². The van der Waals surface area contributed by atoms with Gasteiger partial charge >= 0.3 is 0 Å². The van der Waals surface area contributed by atoms with E-state index < -0.39 is 17.5 Å². The standard InChI is InChI=1S/C20H18F3N3O/c1-9-19(13-6-15(22)17(25)7-14(13)21)16(23)5-12-10(8-24)4-18(27)26(20(9)12)11-2-3-11/h4-7,11H,2-3,8,24-25H2,1H3. The molecular weight excluding hydrogens is 355 g/mol. The molecule has 1 saturated carbocycles. The summed E-state index contributed by atoms with van der Waals surface area (Å²) in [5, 5.41) is 0.513. The fraction of sp³-hybridized carbons (Fsp3) is 0.250. The largest absolute Gasteiger partial charge is 0.396 e. The highest BCUT2D eigenvalue weighted by Gasteiger charge is 2.29. The minimum Gasteiger partial charge on any atom is -0.396 e. The second kappa shape index (κ2) is 6.13. The van der Waals surface area contributed by atoms with Gasteiger partial charge in [-0.2, -0.15) is 0 Å². The Morgan fingerprint density at radius 3 is 2.41 bits per heavy atom. The first-order valence-corrected chi connectivity index (χ1v) is 8.65. The number of nitrogen functional groups attached to an aromatic ring is 1. The molecule has 7 heteroatoms. The van der Waals surface area contributed by atoms with Gasteiger partial charge in [0.05, 0.1) is 11.2 Å². The van der Waals surface area contributed by atoms with E-state index in [1.165, 1.54) is 12.1 Å². The van der Waals surface area contributed by atoms with Crippen LogP contribution in [-0.4, -0.2) is 4.57 Å². The van der Waals surface area contributed by atoms with Gasteiger partial charge in [-0.05, 0) is 43.0 Å². The molecule has 0 amide bonds. The predicted octanol–water partition coefficient (Wildman–Crippen LogP) is 3.77. The molecule has 1 fully saturated rings. The van der Waals surface area contributed by atoms with E-state index in [4.69, 9.17) is 11.5 Å². The van der Waals surface area contributed by atoms with Crippen molar-refractivity contribution >= 4 is 16.6 Å². The van der Waals surface area contributed by atoms with Crippen molar-refractivity contribution in [1.29, 1.82) is 0 Å². The molecular formula is C20H18F3N3O. The van der Waals surface area contributed by atoms with Crippen molar-refractivity contribution in [3.63, 3.8) is 0 Å². The summed E-state index contributed by atoms with van der Waals surface area (Å²) in [6.07, 6.45) is 1.68. The Morgan fingerprint density at radius 2 is 1.78 bits per heavy atom. The third-order valence-corrected chi connectivity index (χ3v) is 5.10. The zero-order valence-electron chi connectivity index (χ0n) is 14.7. The van der Waals surface area contributed by atoms with Crippen LogP contribution < -0.4 is 17.0 Å². The minimum atomic E-state index is -0.833. The number of rotatable bonds is 3. The van der Waals surface area contributed by atoms with Gasteiger partial charge in [-0.15, -0.1) is 0 Å². The van der Waals surface area contributed by atoms with Crippen LogP contribution in [0.1, 0.15) is 30.0 Å². The predicted molar refractivity (Wildman–Crippen MR) is 98.8 cm³/mol. The third kappa shape index (κ3) is 2.70. The quantitative estimate of drug-likeness (QED) is 0.687. The summed E-state index contributed by atoms with van der Waals surface area (Å²) in [4.78, 5) is 12.6. The van der Waals surface area contributed by atoms with Crippen LogP contribution in [0.25, 0.3) is 22.0 Å². The van der Waals surface area contributed by atoms with Crippen molar-refractivity contribution < 1.29 is 13.2 Å². The number of aryl methyl sites for hydroxylation is 1. The van der Waals surface area contributed by atoms with Crippen LogP contribution in [0, 0.1) is 24.4 Å². The Balaban J connectivity index is 2.14. The summed E-state index contributed by atoms with van der Waals surface area (Å²) in [5.41, 5.74) is 11.6. The van der Waals surface area contributed by atoms with Gasteiger partial charge in [0.2, 0.25) is 0 Å². The number of hydrogen-bond acceptors (Lipinski definition) is 3. The molecule has 4 rings (SSSR count). The highest BCUT2D eigenvalue weighted by Crippen LogP contribution is 2.40. The lowest BCUT2D eigenvalue weighted by Crippen LogP contribution is -2.21. The molecule has 1 heterocycles. The Hall–Kier alpha value is -2.80. The number of benzene rings is 2. The smallest absolute Gasteiger partial charge is 0.251 e. The minimum absolute atomic E-state index is 0.0248. The van der Waals surface area contributed by atoms with Crippen molar-refractivity contribution in [2.24, 2.45) is 5.73 Å². The van der Waals surface area contributed by atoms with E-state index in [1.807, 2.05) is 0 Å². The number of nitrogens with two attached hydrogens (primary N) is 2. The van der Waals surface area contributed by atoms with Gasteiger partial charge < -0.3 is 16.0 Å². The Bertz CT molecular complexity index is 1150. The number of pyridine rings is 1. The van der Waals surface area contributed by atoms with Crippen LogP contribution in [0.15, 0.2) is 29.1 Å². The molecule has 1 aliphatic carbocycles. The van der Waals surface area contributed by atoms with Crippen molar-refractivity contribution in [1.82, 2.24) is 4.57 Å². The first-order valence-electron chi connectivity index (χ1n) is 8.65. The summed E-state index contributed by atoms with van der Waals surface area (Å²) in [7, 11) is 0. The number of anilines is 1. The first kappa shape index (κ1) is 17.6. The molecule has 27 heavy (non-hydrogen) atoms. The molecule has 0 unspecified atom stereocenters. The summed E-state index contributed by atoms with van der Waals surface area (Å²) in [5.74, 6) is -2.37. The second-order valence-corrected chi connectivity index (χ2v) is 6.92. The topological polar surface area (TPSA) is 74.0 Å². The van der Waals surface area contributed by atoms with Crippen LogP contribution in [-0.2, 0) is 6.54 Å². The maximum atomic E-state index is 15.0. The summed E-state index contributed by atoms with van der Waals surface area (Å²) in [6, 6.07) is 4.40. The van der Waals surface area contributed by atoms with Gasteiger partial charge in [0.25, 0.3) is 5.56 Å². The monoisotopic (exact) mass is 373 g/mol. The SMILES string of the molecule is Cc1c(-c2cc(F)c(N)cc2F)c(F)cc2c(CN)cc(=O)n(C3CC3)c12. The summed E-state index contributed by atoms with van der Waals surface area (Å²) in [6.45, 7) is 1.67. The van der Waals surface area contributed by atoms with Gasteiger partial charge in [-0.25, -0.2) is 13.2 Å². The molecule has 0 saturated heterocycles. The molecule has 1 aromatic heterocycles. The molecule has 3 aromatic rings. The number of aromatic nitrogens is 1. The molecule has 140 valence electrons. The van der Waals surface area contributed by atoms with Crippen LogP contribution >= 0.6 is 0 Å². The van der Waals surface area contributed by atoms with E-state index in [2.05, 4.69) is 0 Å². The number of hydrogen-bond donors (Lipinski definition) is 2. The van der Waals surface area contributed by atoms with E-state index in [-0.39, 0.29) is 35.0 Å². The Morgan fingerprint density at radius 1 is 1.07 bits per heavy atom. The zero-order valence-corrected chi connectivity index (χ0v) is 14.7.